The normalized spacial score (nSPS) is 25.5. The van der Waals surface area contributed by atoms with Crippen LogP contribution in [0.25, 0.3) is 5.65 Å². The van der Waals surface area contributed by atoms with Gasteiger partial charge in [0.05, 0.1) is 5.69 Å². The van der Waals surface area contributed by atoms with Gasteiger partial charge < -0.3 is 16.8 Å². The molecule has 0 saturated heterocycles. The van der Waals surface area contributed by atoms with E-state index in [4.69, 9.17) is 11.5 Å². The fourth-order valence-electron chi connectivity index (χ4n) is 3.54. The van der Waals surface area contributed by atoms with E-state index in [1.807, 2.05) is 6.20 Å². The lowest BCUT2D eigenvalue weighted by molar-refractivity contribution is 0.396. The predicted molar refractivity (Wildman–Crippen MR) is 87.8 cm³/mol. The standard InChI is InChI=1S/C16H24N6/c17-12-5-3-11(4-6-12)13-14(20-9-10-1-2-10)16-19-7-8-22(16)21-15(13)18/h7-8,10-12,20H,1-6,9,17H2,(H2,18,21). The number of nitrogens with zero attached hydrogens (tertiary/aromatic N) is 3. The predicted octanol–water partition coefficient (Wildman–Crippen LogP) is 2.12. The summed E-state index contributed by atoms with van der Waals surface area (Å²) in [5.74, 6) is 1.87. The number of rotatable bonds is 4. The van der Waals surface area contributed by atoms with E-state index in [2.05, 4.69) is 15.4 Å². The van der Waals surface area contributed by atoms with E-state index in [1.54, 1.807) is 10.7 Å². The maximum Gasteiger partial charge on any atom is 0.177 e. The van der Waals surface area contributed by atoms with Crippen LogP contribution in [0, 0.1) is 5.92 Å². The Bertz CT molecular complexity index is 667. The first-order chi connectivity index (χ1) is 10.7. The molecule has 0 amide bonds. The van der Waals surface area contributed by atoms with Gasteiger partial charge >= 0.3 is 0 Å². The topological polar surface area (TPSA) is 94.3 Å². The maximum atomic E-state index is 6.30. The molecule has 2 aromatic heterocycles. The molecule has 4 rings (SSSR count). The molecule has 2 aliphatic carbocycles. The van der Waals surface area contributed by atoms with Gasteiger partial charge in [-0.3, -0.25) is 0 Å². The summed E-state index contributed by atoms with van der Waals surface area (Å²) in [6.07, 6.45) is 10.6. The van der Waals surface area contributed by atoms with E-state index in [1.165, 1.54) is 12.8 Å². The third-order valence-corrected chi connectivity index (χ3v) is 5.05. The van der Waals surface area contributed by atoms with Crippen molar-refractivity contribution in [3.8, 4) is 0 Å². The summed E-state index contributed by atoms with van der Waals surface area (Å²) in [7, 11) is 0. The summed E-state index contributed by atoms with van der Waals surface area (Å²) in [5, 5.41) is 8.11. The summed E-state index contributed by atoms with van der Waals surface area (Å²) in [5.41, 5.74) is 15.5. The van der Waals surface area contributed by atoms with Gasteiger partial charge in [-0.2, -0.15) is 0 Å². The van der Waals surface area contributed by atoms with Crippen LogP contribution in [-0.4, -0.2) is 27.2 Å². The van der Waals surface area contributed by atoms with Gasteiger partial charge in [0.15, 0.2) is 5.65 Å². The minimum Gasteiger partial charge on any atom is -0.382 e. The summed E-state index contributed by atoms with van der Waals surface area (Å²) in [6, 6.07) is 0.337. The molecule has 118 valence electrons. The Morgan fingerprint density at radius 1 is 1.18 bits per heavy atom. The molecule has 22 heavy (non-hydrogen) atoms. The summed E-state index contributed by atoms with van der Waals surface area (Å²) >= 11 is 0. The zero-order valence-corrected chi connectivity index (χ0v) is 12.8. The van der Waals surface area contributed by atoms with Gasteiger partial charge in [-0.1, -0.05) is 0 Å². The number of imidazole rings is 1. The van der Waals surface area contributed by atoms with Crippen molar-refractivity contribution in [3.63, 3.8) is 0 Å². The number of anilines is 2. The van der Waals surface area contributed by atoms with Crippen molar-refractivity contribution < 1.29 is 0 Å². The summed E-state index contributed by atoms with van der Waals surface area (Å²) < 4.78 is 1.78. The van der Waals surface area contributed by atoms with E-state index < -0.39 is 0 Å². The Hall–Kier alpha value is -1.82. The first-order valence-corrected chi connectivity index (χ1v) is 8.34. The summed E-state index contributed by atoms with van der Waals surface area (Å²) in [6.45, 7) is 1.01. The average Bonchev–Trinajstić information content (AvgIpc) is 3.22. The number of nitrogens with two attached hydrogens (primary N) is 2. The highest BCUT2D eigenvalue weighted by Gasteiger charge is 2.28. The van der Waals surface area contributed by atoms with Crippen LogP contribution in [-0.2, 0) is 0 Å². The van der Waals surface area contributed by atoms with E-state index in [-0.39, 0.29) is 0 Å². The highest BCUT2D eigenvalue weighted by Crippen LogP contribution is 2.40. The average molecular weight is 300 g/mol. The number of fused-ring (bicyclic) bond motifs is 1. The molecule has 2 heterocycles. The molecule has 5 N–H and O–H groups in total. The zero-order valence-electron chi connectivity index (χ0n) is 12.8. The number of aromatic nitrogens is 3. The van der Waals surface area contributed by atoms with Crippen LogP contribution in [0.2, 0.25) is 0 Å². The molecule has 0 aliphatic heterocycles. The van der Waals surface area contributed by atoms with Gasteiger partial charge in [-0.25, -0.2) is 9.50 Å². The van der Waals surface area contributed by atoms with Crippen molar-refractivity contribution in [2.45, 2.75) is 50.5 Å². The lowest BCUT2D eigenvalue weighted by atomic mass is 9.81. The molecule has 2 fully saturated rings. The highest BCUT2D eigenvalue weighted by molar-refractivity contribution is 5.76. The molecular weight excluding hydrogens is 276 g/mol. The Morgan fingerprint density at radius 3 is 2.68 bits per heavy atom. The van der Waals surface area contributed by atoms with Crippen molar-refractivity contribution in [3.05, 3.63) is 18.0 Å². The lowest BCUT2D eigenvalue weighted by Gasteiger charge is -2.28. The first kappa shape index (κ1) is 13.8. The smallest absolute Gasteiger partial charge is 0.177 e. The lowest BCUT2D eigenvalue weighted by Crippen LogP contribution is -2.27. The van der Waals surface area contributed by atoms with Crippen molar-refractivity contribution in [1.29, 1.82) is 0 Å². The fourth-order valence-corrected chi connectivity index (χ4v) is 3.54. The molecular formula is C16H24N6. The van der Waals surface area contributed by atoms with Crippen molar-refractivity contribution in [1.82, 2.24) is 14.6 Å². The molecule has 6 nitrogen and oxygen atoms in total. The van der Waals surface area contributed by atoms with Gasteiger partial charge in [0.1, 0.15) is 5.82 Å². The van der Waals surface area contributed by atoms with Gasteiger partial charge in [0.25, 0.3) is 0 Å². The molecule has 0 unspecified atom stereocenters. The Kier molecular flexibility index (Phi) is 3.41. The highest BCUT2D eigenvalue weighted by atomic mass is 15.3. The van der Waals surface area contributed by atoms with Gasteiger partial charge in [-0.15, -0.1) is 5.10 Å². The van der Waals surface area contributed by atoms with E-state index in [0.29, 0.717) is 17.8 Å². The number of hydrogen-bond donors (Lipinski definition) is 3. The quantitative estimate of drug-likeness (QED) is 0.804. The molecule has 0 aromatic carbocycles. The van der Waals surface area contributed by atoms with E-state index in [0.717, 1.165) is 55.0 Å². The minimum absolute atomic E-state index is 0.337. The Labute approximate surface area is 130 Å². The zero-order chi connectivity index (χ0) is 15.1. The second kappa shape index (κ2) is 5.43. The van der Waals surface area contributed by atoms with Crippen LogP contribution in [0.5, 0.6) is 0 Å². The monoisotopic (exact) mass is 300 g/mol. The molecule has 2 saturated carbocycles. The van der Waals surface area contributed by atoms with Crippen LogP contribution in [0.4, 0.5) is 11.5 Å². The number of nitrogens with one attached hydrogen (secondary N) is 1. The SMILES string of the molecule is Nc1nn2ccnc2c(NCC2CC2)c1C1CCC(N)CC1. The Morgan fingerprint density at radius 2 is 1.95 bits per heavy atom. The van der Waals surface area contributed by atoms with Crippen LogP contribution in [0.3, 0.4) is 0 Å². The first-order valence-electron chi connectivity index (χ1n) is 8.34. The van der Waals surface area contributed by atoms with Crippen LogP contribution in [0.15, 0.2) is 12.4 Å². The van der Waals surface area contributed by atoms with E-state index >= 15 is 0 Å². The largest absolute Gasteiger partial charge is 0.382 e. The van der Waals surface area contributed by atoms with Crippen LogP contribution >= 0.6 is 0 Å². The molecule has 0 bridgehead atoms. The second-order valence-corrected chi connectivity index (χ2v) is 6.81. The van der Waals surface area contributed by atoms with Crippen LogP contribution < -0.4 is 16.8 Å². The third-order valence-electron chi connectivity index (χ3n) is 5.05. The van der Waals surface area contributed by atoms with Gasteiger partial charge in [0.2, 0.25) is 0 Å². The van der Waals surface area contributed by atoms with Crippen molar-refractivity contribution in [2.75, 3.05) is 17.6 Å². The molecule has 0 atom stereocenters. The molecule has 0 spiro atoms. The third kappa shape index (κ3) is 2.52. The molecule has 6 heteroatoms. The summed E-state index contributed by atoms with van der Waals surface area (Å²) in [4.78, 5) is 4.49. The fraction of sp³-hybridized carbons (Fsp3) is 0.625. The van der Waals surface area contributed by atoms with Crippen molar-refractivity contribution >= 4 is 17.2 Å². The molecule has 2 aliphatic rings. The van der Waals surface area contributed by atoms with Gasteiger partial charge in [0, 0.05) is 30.5 Å². The second-order valence-electron chi connectivity index (χ2n) is 6.81. The van der Waals surface area contributed by atoms with Crippen molar-refractivity contribution in [2.24, 2.45) is 11.7 Å². The van der Waals surface area contributed by atoms with Gasteiger partial charge in [-0.05, 0) is 50.4 Å². The van der Waals surface area contributed by atoms with E-state index in [9.17, 15) is 0 Å². The molecule has 0 radical (unpaired) electrons. The molecule has 2 aromatic rings. The number of nitrogen functional groups attached to an aromatic ring is 1. The Balaban J connectivity index is 1.73. The minimum atomic E-state index is 0.337. The maximum absolute atomic E-state index is 6.30. The van der Waals surface area contributed by atoms with Crippen LogP contribution in [0.1, 0.15) is 50.0 Å². The number of hydrogen-bond acceptors (Lipinski definition) is 5.